The van der Waals surface area contributed by atoms with Crippen LogP contribution >= 0.6 is 33.6 Å². The van der Waals surface area contributed by atoms with Gasteiger partial charge >= 0.3 is 0 Å². The van der Waals surface area contributed by atoms with E-state index in [2.05, 4.69) is 22.9 Å². The SMILES string of the molecule is O=S(=O)(Cl)c1ccc(N=c2sc(-c3ccc(Cl)cc3)cn2Cc2ccccc2)cc1. The number of rotatable bonds is 5. The third-order valence-corrected chi connectivity index (χ3v) is 7.08. The second-order valence-corrected chi connectivity index (χ2v) is 10.6. The lowest BCUT2D eigenvalue weighted by molar-refractivity contribution is 0.609. The average Bonchev–Trinajstić information content (AvgIpc) is 3.11. The molecule has 0 aliphatic heterocycles. The Labute approximate surface area is 188 Å². The maximum atomic E-state index is 11.5. The summed E-state index contributed by atoms with van der Waals surface area (Å²) in [5, 5.41) is 0.687. The summed E-state index contributed by atoms with van der Waals surface area (Å²) in [6, 6.07) is 24.0. The van der Waals surface area contributed by atoms with Crippen molar-refractivity contribution >= 4 is 48.4 Å². The van der Waals surface area contributed by atoms with Crippen molar-refractivity contribution in [1.82, 2.24) is 4.57 Å². The minimum atomic E-state index is -3.76. The molecule has 0 unspecified atom stereocenters. The van der Waals surface area contributed by atoms with Crippen LogP contribution in [0.15, 0.2) is 94.9 Å². The minimum absolute atomic E-state index is 0.0494. The first kappa shape index (κ1) is 20.9. The molecule has 0 saturated carbocycles. The van der Waals surface area contributed by atoms with Gasteiger partial charge in [0.15, 0.2) is 4.80 Å². The smallest absolute Gasteiger partial charge is 0.261 e. The summed E-state index contributed by atoms with van der Waals surface area (Å²) in [7, 11) is 1.64. The highest BCUT2D eigenvalue weighted by Crippen LogP contribution is 2.25. The topological polar surface area (TPSA) is 51.4 Å². The molecule has 0 bridgehead atoms. The van der Waals surface area contributed by atoms with E-state index in [0.29, 0.717) is 17.3 Å². The molecule has 0 radical (unpaired) electrons. The van der Waals surface area contributed by atoms with Crippen molar-refractivity contribution < 1.29 is 8.42 Å². The van der Waals surface area contributed by atoms with Gasteiger partial charge in [-0.25, -0.2) is 13.4 Å². The largest absolute Gasteiger partial charge is 0.319 e. The molecule has 0 atom stereocenters. The molecule has 1 aromatic heterocycles. The maximum absolute atomic E-state index is 11.5. The Bertz CT molecular complexity index is 1330. The fourth-order valence-electron chi connectivity index (χ4n) is 2.90. The van der Waals surface area contributed by atoms with Crippen LogP contribution < -0.4 is 4.80 Å². The van der Waals surface area contributed by atoms with Crippen LogP contribution in [-0.2, 0) is 15.6 Å². The number of nitrogens with zero attached hydrogens (tertiary/aromatic N) is 2. The molecule has 0 aliphatic carbocycles. The van der Waals surface area contributed by atoms with E-state index < -0.39 is 9.05 Å². The Morgan fingerprint density at radius 1 is 0.900 bits per heavy atom. The number of aromatic nitrogens is 1. The predicted molar refractivity (Wildman–Crippen MR) is 123 cm³/mol. The molecule has 30 heavy (non-hydrogen) atoms. The molecule has 0 N–H and O–H groups in total. The molecule has 0 aliphatic rings. The molecular weight excluding hydrogens is 459 g/mol. The first-order valence-corrected chi connectivity index (χ1v) is 12.5. The molecule has 4 nitrogen and oxygen atoms in total. The third kappa shape index (κ3) is 5.02. The van der Waals surface area contributed by atoms with Crippen LogP contribution in [0.1, 0.15) is 5.56 Å². The molecule has 3 aromatic carbocycles. The Morgan fingerprint density at radius 3 is 2.20 bits per heavy atom. The van der Waals surface area contributed by atoms with Crippen molar-refractivity contribution in [2.75, 3.05) is 0 Å². The monoisotopic (exact) mass is 474 g/mol. The first-order chi connectivity index (χ1) is 14.4. The number of hydrogen-bond donors (Lipinski definition) is 0. The van der Waals surface area contributed by atoms with E-state index in [-0.39, 0.29) is 4.90 Å². The molecule has 0 fully saturated rings. The highest BCUT2D eigenvalue weighted by atomic mass is 35.7. The zero-order valence-electron chi connectivity index (χ0n) is 15.6. The molecule has 1 heterocycles. The molecule has 152 valence electrons. The number of benzene rings is 3. The van der Waals surface area contributed by atoms with Crippen molar-refractivity contribution in [3.05, 3.63) is 100 Å². The number of hydrogen-bond acceptors (Lipinski definition) is 4. The summed E-state index contributed by atoms with van der Waals surface area (Å²) in [4.78, 5) is 6.64. The van der Waals surface area contributed by atoms with Crippen LogP contribution in [0.5, 0.6) is 0 Å². The second kappa shape index (κ2) is 8.78. The molecule has 8 heteroatoms. The standard InChI is InChI=1S/C22H16Cl2N2O2S2/c23-18-8-6-17(7-9-18)21-15-26(14-16-4-2-1-3-5-16)22(29-21)25-19-10-12-20(13-11-19)30(24,27)28/h1-13,15H,14H2. The average molecular weight is 475 g/mol. The normalized spacial score (nSPS) is 12.3. The quantitative estimate of drug-likeness (QED) is 0.329. The Balaban J connectivity index is 1.78. The summed E-state index contributed by atoms with van der Waals surface area (Å²) >= 11 is 7.57. The van der Waals surface area contributed by atoms with Gasteiger partial charge in [0.05, 0.1) is 15.5 Å². The number of thiazole rings is 1. The van der Waals surface area contributed by atoms with Gasteiger partial charge < -0.3 is 4.57 Å². The van der Waals surface area contributed by atoms with Crippen LogP contribution in [0.25, 0.3) is 10.4 Å². The van der Waals surface area contributed by atoms with Crippen LogP contribution in [0.3, 0.4) is 0 Å². The maximum Gasteiger partial charge on any atom is 0.261 e. The van der Waals surface area contributed by atoms with Gasteiger partial charge in [-0.3, -0.25) is 0 Å². The lowest BCUT2D eigenvalue weighted by atomic mass is 10.2. The Hall–Kier alpha value is -2.38. The zero-order chi connectivity index (χ0) is 21.1. The van der Waals surface area contributed by atoms with Crippen molar-refractivity contribution in [2.45, 2.75) is 11.4 Å². The molecular formula is C22H16Cl2N2O2S2. The molecule has 0 amide bonds. The van der Waals surface area contributed by atoms with Crippen LogP contribution in [0.4, 0.5) is 5.69 Å². The molecule has 4 rings (SSSR count). The van der Waals surface area contributed by atoms with E-state index in [9.17, 15) is 8.42 Å². The number of halogens is 2. The van der Waals surface area contributed by atoms with Gasteiger partial charge in [-0.1, -0.05) is 65.4 Å². The zero-order valence-corrected chi connectivity index (χ0v) is 18.7. The fraction of sp³-hybridized carbons (Fsp3) is 0.0455. The van der Waals surface area contributed by atoms with Crippen molar-refractivity contribution in [2.24, 2.45) is 4.99 Å². The van der Waals surface area contributed by atoms with Gasteiger partial charge in [-0.2, -0.15) is 0 Å². The van der Waals surface area contributed by atoms with Crippen LogP contribution in [-0.4, -0.2) is 13.0 Å². The Morgan fingerprint density at radius 2 is 1.57 bits per heavy atom. The van der Waals surface area contributed by atoms with Gasteiger partial charge in [0.1, 0.15) is 0 Å². The highest BCUT2D eigenvalue weighted by molar-refractivity contribution is 8.13. The van der Waals surface area contributed by atoms with Gasteiger partial charge in [-0.15, -0.1) is 0 Å². The van der Waals surface area contributed by atoms with Gasteiger partial charge in [0.25, 0.3) is 9.05 Å². The summed E-state index contributed by atoms with van der Waals surface area (Å²) in [6.45, 7) is 0.665. The van der Waals surface area contributed by atoms with E-state index in [4.69, 9.17) is 27.3 Å². The van der Waals surface area contributed by atoms with Gasteiger partial charge in [0.2, 0.25) is 0 Å². The molecule has 0 saturated heterocycles. The van der Waals surface area contributed by atoms with E-state index in [1.165, 1.54) is 12.1 Å². The Kier molecular flexibility index (Phi) is 6.11. The van der Waals surface area contributed by atoms with Crippen molar-refractivity contribution in [1.29, 1.82) is 0 Å². The van der Waals surface area contributed by atoms with E-state index in [1.54, 1.807) is 23.5 Å². The summed E-state index contributed by atoms with van der Waals surface area (Å²) < 4.78 is 25.0. The van der Waals surface area contributed by atoms with Crippen molar-refractivity contribution in [3.63, 3.8) is 0 Å². The molecule has 4 aromatic rings. The predicted octanol–water partition coefficient (Wildman–Crippen LogP) is 6.08. The third-order valence-electron chi connectivity index (χ3n) is 4.39. The van der Waals surface area contributed by atoms with Crippen LogP contribution in [0.2, 0.25) is 5.02 Å². The summed E-state index contributed by atoms with van der Waals surface area (Å²) in [6.07, 6.45) is 2.07. The first-order valence-electron chi connectivity index (χ1n) is 8.98. The highest BCUT2D eigenvalue weighted by Gasteiger charge is 2.10. The molecule has 0 spiro atoms. The fourth-order valence-corrected chi connectivity index (χ4v) is 4.81. The van der Waals surface area contributed by atoms with Gasteiger partial charge in [-0.05, 0) is 47.5 Å². The minimum Gasteiger partial charge on any atom is -0.319 e. The summed E-state index contributed by atoms with van der Waals surface area (Å²) in [5.41, 5.74) is 2.85. The van der Waals surface area contributed by atoms with Gasteiger partial charge in [0, 0.05) is 28.4 Å². The van der Waals surface area contributed by atoms with E-state index in [1.807, 2.05) is 42.5 Å². The lowest BCUT2D eigenvalue weighted by Gasteiger charge is -2.03. The lowest BCUT2D eigenvalue weighted by Crippen LogP contribution is -2.14. The van der Waals surface area contributed by atoms with E-state index >= 15 is 0 Å². The van der Waals surface area contributed by atoms with Crippen molar-refractivity contribution in [3.8, 4) is 10.4 Å². The van der Waals surface area contributed by atoms with E-state index in [0.717, 1.165) is 20.8 Å². The summed E-state index contributed by atoms with van der Waals surface area (Å²) in [5.74, 6) is 0. The second-order valence-electron chi connectivity index (χ2n) is 6.54. The van der Waals surface area contributed by atoms with Crippen LogP contribution in [0, 0.1) is 0 Å².